The van der Waals surface area contributed by atoms with Crippen LogP contribution in [0, 0.1) is 10.1 Å². The molecule has 0 bridgehead atoms. The molecule has 0 aromatic heterocycles. The quantitative estimate of drug-likeness (QED) is 0.364. The van der Waals surface area contributed by atoms with Gasteiger partial charge in [-0.1, -0.05) is 17.7 Å². The average molecular weight is 301 g/mol. The largest absolute Gasteiger partial charge is 0.351 e. The lowest BCUT2D eigenvalue weighted by atomic mass is 10.1. The Morgan fingerprint density at radius 2 is 2.32 bits per heavy atom. The number of carbonyl (C=O) groups is 1. The minimum Gasteiger partial charge on any atom is -0.351 e. The summed E-state index contributed by atoms with van der Waals surface area (Å²) in [5, 5.41) is 13.7. The molecule has 0 spiro atoms. The summed E-state index contributed by atoms with van der Waals surface area (Å²) >= 11 is 7.36. The fourth-order valence-electron chi connectivity index (χ4n) is 1.35. The van der Waals surface area contributed by atoms with Crippen LogP contribution in [0.1, 0.15) is 10.4 Å². The van der Waals surface area contributed by atoms with Gasteiger partial charge >= 0.3 is 0 Å². The highest BCUT2D eigenvalue weighted by Crippen LogP contribution is 2.22. The van der Waals surface area contributed by atoms with E-state index in [2.05, 4.69) is 11.9 Å². The van der Waals surface area contributed by atoms with Gasteiger partial charge in [0.2, 0.25) is 0 Å². The molecule has 1 aromatic carbocycles. The average Bonchev–Trinajstić information content (AvgIpc) is 2.37. The zero-order chi connectivity index (χ0) is 14.3. The van der Waals surface area contributed by atoms with Gasteiger partial charge in [0, 0.05) is 29.1 Å². The second-order valence-corrected chi connectivity index (χ2v) is 5.12. The molecule has 0 saturated carbocycles. The van der Waals surface area contributed by atoms with Gasteiger partial charge in [0.15, 0.2) is 0 Å². The molecule has 1 aromatic rings. The normalized spacial score (nSPS) is 9.95. The van der Waals surface area contributed by atoms with Gasteiger partial charge < -0.3 is 5.32 Å². The van der Waals surface area contributed by atoms with Crippen molar-refractivity contribution in [2.75, 3.05) is 18.1 Å². The maximum Gasteiger partial charge on any atom is 0.282 e. The summed E-state index contributed by atoms with van der Waals surface area (Å²) in [6.07, 6.45) is 1.77. The Morgan fingerprint density at radius 1 is 1.58 bits per heavy atom. The van der Waals surface area contributed by atoms with Gasteiger partial charge in [0.25, 0.3) is 11.6 Å². The molecule has 0 fully saturated rings. The molecule has 0 saturated heterocycles. The van der Waals surface area contributed by atoms with Crippen LogP contribution in [0.25, 0.3) is 0 Å². The molecule has 102 valence electrons. The van der Waals surface area contributed by atoms with E-state index in [9.17, 15) is 14.9 Å². The zero-order valence-electron chi connectivity index (χ0n) is 10.1. The van der Waals surface area contributed by atoms with E-state index >= 15 is 0 Å². The number of hydrogen-bond acceptors (Lipinski definition) is 4. The number of hydrogen-bond donors (Lipinski definition) is 1. The maximum atomic E-state index is 11.9. The monoisotopic (exact) mass is 300 g/mol. The van der Waals surface area contributed by atoms with Crippen molar-refractivity contribution in [1.82, 2.24) is 5.32 Å². The molecule has 0 heterocycles. The maximum absolute atomic E-state index is 11.9. The number of nitrogens with zero attached hydrogens (tertiary/aromatic N) is 1. The van der Waals surface area contributed by atoms with E-state index in [1.54, 1.807) is 17.8 Å². The highest BCUT2D eigenvalue weighted by atomic mass is 35.5. The molecule has 5 nitrogen and oxygen atoms in total. The van der Waals surface area contributed by atoms with Crippen LogP contribution in [0.2, 0.25) is 5.02 Å². The first-order valence-electron chi connectivity index (χ1n) is 5.47. The highest BCUT2D eigenvalue weighted by Gasteiger charge is 2.19. The van der Waals surface area contributed by atoms with Gasteiger partial charge in [-0.05, 0) is 12.1 Å². The summed E-state index contributed by atoms with van der Waals surface area (Å²) in [5.41, 5.74) is -0.271. The lowest BCUT2D eigenvalue weighted by Gasteiger charge is -2.05. The molecule has 19 heavy (non-hydrogen) atoms. The molecule has 0 radical (unpaired) electrons. The second-order valence-electron chi connectivity index (χ2n) is 3.54. The first-order valence-corrected chi connectivity index (χ1v) is 7.00. The van der Waals surface area contributed by atoms with Crippen molar-refractivity contribution in [3.8, 4) is 0 Å². The summed E-state index contributed by atoms with van der Waals surface area (Å²) in [6.45, 7) is 4.02. The number of carbonyl (C=O) groups excluding carboxylic acids is 1. The molecule has 0 aliphatic rings. The first-order chi connectivity index (χ1) is 9.06. The van der Waals surface area contributed by atoms with Crippen LogP contribution >= 0.6 is 23.4 Å². The third-order valence-electron chi connectivity index (χ3n) is 2.17. The molecule has 0 unspecified atom stereocenters. The molecule has 1 rings (SSSR count). The number of benzene rings is 1. The number of nitro groups is 1. The van der Waals surface area contributed by atoms with Gasteiger partial charge in [0.05, 0.1) is 4.92 Å². The number of nitro benzene ring substituents is 1. The zero-order valence-corrected chi connectivity index (χ0v) is 11.7. The van der Waals surface area contributed by atoms with E-state index in [1.165, 1.54) is 18.2 Å². The molecule has 1 N–H and O–H groups in total. The van der Waals surface area contributed by atoms with E-state index in [4.69, 9.17) is 11.6 Å². The third kappa shape index (κ3) is 4.92. The van der Waals surface area contributed by atoms with Crippen LogP contribution in [0.5, 0.6) is 0 Å². The van der Waals surface area contributed by atoms with Crippen molar-refractivity contribution in [2.45, 2.75) is 0 Å². The van der Waals surface area contributed by atoms with Crippen molar-refractivity contribution in [2.24, 2.45) is 0 Å². The van der Waals surface area contributed by atoms with Gasteiger partial charge in [-0.3, -0.25) is 14.9 Å². The third-order valence-corrected chi connectivity index (χ3v) is 3.37. The molecular weight excluding hydrogens is 288 g/mol. The predicted molar refractivity (Wildman–Crippen MR) is 78.0 cm³/mol. The van der Waals surface area contributed by atoms with Crippen molar-refractivity contribution in [3.63, 3.8) is 0 Å². The van der Waals surface area contributed by atoms with Crippen molar-refractivity contribution < 1.29 is 9.72 Å². The number of rotatable bonds is 7. The Kier molecular flexibility index (Phi) is 6.38. The summed E-state index contributed by atoms with van der Waals surface area (Å²) in [7, 11) is 0. The predicted octanol–water partition coefficient (Wildman–Crippen LogP) is 2.90. The minimum atomic E-state index is -0.599. The molecule has 0 atom stereocenters. The number of thioether (sulfide) groups is 1. The Labute approximate surface area is 120 Å². The Hall–Kier alpha value is -1.53. The van der Waals surface area contributed by atoms with Crippen LogP contribution in [0.3, 0.4) is 0 Å². The van der Waals surface area contributed by atoms with E-state index in [-0.39, 0.29) is 16.3 Å². The molecule has 7 heteroatoms. The van der Waals surface area contributed by atoms with Crippen LogP contribution in [-0.2, 0) is 0 Å². The molecule has 0 aliphatic heterocycles. The summed E-state index contributed by atoms with van der Waals surface area (Å²) in [4.78, 5) is 22.1. The first kappa shape index (κ1) is 15.5. The number of amides is 1. The van der Waals surface area contributed by atoms with Crippen molar-refractivity contribution >= 4 is 35.0 Å². The van der Waals surface area contributed by atoms with E-state index in [1.807, 2.05) is 0 Å². The standard InChI is InChI=1S/C12H13ClN2O3S/c1-2-6-19-7-5-14-12(16)10-8-9(13)3-4-11(10)15(17)18/h2-4,8H,1,5-7H2,(H,14,16). The fraction of sp³-hybridized carbons (Fsp3) is 0.250. The summed E-state index contributed by atoms with van der Waals surface area (Å²) in [5.74, 6) is 1.02. The highest BCUT2D eigenvalue weighted by molar-refractivity contribution is 7.99. The van der Waals surface area contributed by atoms with Crippen LogP contribution in [0.4, 0.5) is 5.69 Å². The van der Waals surface area contributed by atoms with Crippen LogP contribution in [0.15, 0.2) is 30.9 Å². The molecule has 0 aliphatic carbocycles. The summed E-state index contributed by atoms with van der Waals surface area (Å²) < 4.78 is 0. The van der Waals surface area contributed by atoms with Crippen molar-refractivity contribution in [1.29, 1.82) is 0 Å². The summed E-state index contributed by atoms with van der Waals surface area (Å²) in [6, 6.07) is 3.91. The van der Waals surface area contributed by atoms with Gasteiger partial charge in [-0.2, -0.15) is 11.8 Å². The topological polar surface area (TPSA) is 72.2 Å². The van der Waals surface area contributed by atoms with E-state index in [0.717, 1.165) is 5.75 Å². The Morgan fingerprint density at radius 3 is 2.95 bits per heavy atom. The molecular formula is C12H13ClN2O3S. The van der Waals surface area contributed by atoms with Crippen molar-refractivity contribution in [3.05, 3.63) is 51.6 Å². The molecule has 1 amide bonds. The number of halogens is 1. The second kappa shape index (κ2) is 7.81. The van der Waals surface area contributed by atoms with E-state index in [0.29, 0.717) is 12.3 Å². The minimum absolute atomic E-state index is 0.0220. The van der Waals surface area contributed by atoms with Crippen LogP contribution < -0.4 is 5.32 Å². The van der Waals surface area contributed by atoms with Gasteiger partial charge in [-0.15, -0.1) is 6.58 Å². The van der Waals surface area contributed by atoms with E-state index < -0.39 is 10.8 Å². The SMILES string of the molecule is C=CCSCCNC(=O)c1cc(Cl)ccc1[N+](=O)[O-]. The lowest BCUT2D eigenvalue weighted by molar-refractivity contribution is -0.385. The smallest absolute Gasteiger partial charge is 0.282 e. The lowest BCUT2D eigenvalue weighted by Crippen LogP contribution is -2.26. The van der Waals surface area contributed by atoms with Gasteiger partial charge in [0.1, 0.15) is 5.56 Å². The Bertz CT molecular complexity index is 494. The fourth-order valence-corrected chi connectivity index (χ4v) is 2.10. The van der Waals surface area contributed by atoms with Gasteiger partial charge in [-0.25, -0.2) is 0 Å². The van der Waals surface area contributed by atoms with Crippen LogP contribution in [-0.4, -0.2) is 28.9 Å². The number of nitrogens with one attached hydrogen (secondary N) is 1. The Balaban J connectivity index is 2.68.